The summed E-state index contributed by atoms with van der Waals surface area (Å²) in [6.07, 6.45) is 1.68. The Kier molecular flexibility index (Phi) is 6.78. The quantitative estimate of drug-likeness (QED) is 0.749. The lowest BCUT2D eigenvalue weighted by Gasteiger charge is -2.28. The molecule has 3 rings (SSSR count). The Balaban J connectivity index is 1.45. The molecule has 26 heavy (non-hydrogen) atoms. The van der Waals surface area contributed by atoms with Gasteiger partial charge < -0.3 is 15.0 Å². The lowest BCUT2D eigenvalue weighted by atomic mass is 10.1. The number of carbonyl (C=O) groups is 1. The van der Waals surface area contributed by atoms with Crippen LogP contribution in [-0.2, 0) is 11.2 Å². The highest BCUT2D eigenvalue weighted by atomic mass is 35.5. The highest BCUT2D eigenvalue weighted by Gasteiger charge is 2.12. The fraction of sp³-hybridized carbons (Fsp3) is 0.350. The van der Waals surface area contributed by atoms with Gasteiger partial charge in [0.05, 0.1) is 23.3 Å². The molecule has 2 aromatic rings. The second kappa shape index (κ2) is 9.26. The van der Waals surface area contributed by atoms with E-state index in [9.17, 15) is 4.79 Å². The number of morpholine rings is 1. The zero-order valence-electron chi connectivity index (χ0n) is 14.5. The van der Waals surface area contributed by atoms with Crippen molar-refractivity contribution in [1.82, 2.24) is 5.32 Å². The molecule has 1 aliphatic rings. The number of amides is 1. The highest BCUT2D eigenvalue weighted by Crippen LogP contribution is 2.23. The summed E-state index contributed by atoms with van der Waals surface area (Å²) in [5, 5.41) is 4.09. The first-order valence-electron chi connectivity index (χ1n) is 8.78. The molecule has 0 saturated carbocycles. The van der Waals surface area contributed by atoms with Crippen LogP contribution >= 0.6 is 23.2 Å². The van der Waals surface area contributed by atoms with Crippen LogP contribution in [0.5, 0.6) is 0 Å². The van der Waals surface area contributed by atoms with Gasteiger partial charge in [0.1, 0.15) is 0 Å². The van der Waals surface area contributed by atoms with E-state index in [2.05, 4.69) is 10.2 Å². The van der Waals surface area contributed by atoms with Crippen molar-refractivity contribution in [3.8, 4) is 0 Å². The zero-order chi connectivity index (χ0) is 18.4. The average Bonchev–Trinajstić information content (AvgIpc) is 2.68. The summed E-state index contributed by atoms with van der Waals surface area (Å²) < 4.78 is 5.36. The molecule has 0 bridgehead atoms. The predicted molar refractivity (Wildman–Crippen MR) is 107 cm³/mol. The van der Waals surface area contributed by atoms with Crippen LogP contribution in [-0.4, -0.2) is 38.8 Å². The third-order valence-corrected chi connectivity index (χ3v) is 5.16. The molecule has 0 unspecified atom stereocenters. The van der Waals surface area contributed by atoms with Gasteiger partial charge in [-0.15, -0.1) is 0 Å². The largest absolute Gasteiger partial charge is 0.378 e. The van der Waals surface area contributed by atoms with Gasteiger partial charge in [0.2, 0.25) is 0 Å². The van der Waals surface area contributed by atoms with Crippen LogP contribution < -0.4 is 10.2 Å². The summed E-state index contributed by atoms with van der Waals surface area (Å²) in [4.78, 5) is 14.5. The number of nitrogens with zero attached hydrogens (tertiary/aromatic N) is 1. The number of benzene rings is 2. The minimum atomic E-state index is -0.0485. The molecule has 1 heterocycles. The van der Waals surface area contributed by atoms with E-state index in [0.29, 0.717) is 22.2 Å². The van der Waals surface area contributed by atoms with E-state index in [1.807, 2.05) is 36.4 Å². The molecular formula is C20H22Cl2N2O2. The molecule has 6 heteroatoms. The van der Waals surface area contributed by atoms with Crippen molar-refractivity contribution in [2.45, 2.75) is 12.8 Å². The zero-order valence-corrected chi connectivity index (χ0v) is 16.0. The molecule has 1 aliphatic heterocycles. The summed E-state index contributed by atoms with van der Waals surface area (Å²) in [5.74, 6) is -0.0485. The fourth-order valence-corrected chi connectivity index (χ4v) is 3.26. The van der Waals surface area contributed by atoms with Crippen LogP contribution in [0.25, 0.3) is 0 Å². The van der Waals surface area contributed by atoms with Gasteiger partial charge in [-0.25, -0.2) is 0 Å². The molecule has 2 aromatic carbocycles. The van der Waals surface area contributed by atoms with E-state index >= 15 is 0 Å². The van der Waals surface area contributed by atoms with Crippen molar-refractivity contribution < 1.29 is 9.53 Å². The van der Waals surface area contributed by atoms with Crippen LogP contribution in [0.4, 0.5) is 5.69 Å². The molecule has 0 aliphatic carbocycles. The molecule has 1 amide bonds. The van der Waals surface area contributed by atoms with Crippen molar-refractivity contribution in [1.29, 1.82) is 0 Å². The van der Waals surface area contributed by atoms with Crippen molar-refractivity contribution >= 4 is 34.8 Å². The van der Waals surface area contributed by atoms with Gasteiger partial charge in [-0.2, -0.15) is 0 Å². The monoisotopic (exact) mass is 392 g/mol. The molecule has 1 fully saturated rings. The Labute approximate surface area is 164 Å². The van der Waals surface area contributed by atoms with E-state index in [-0.39, 0.29) is 5.91 Å². The van der Waals surface area contributed by atoms with Crippen LogP contribution in [0.1, 0.15) is 22.3 Å². The molecule has 0 aromatic heterocycles. The summed E-state index contributed by atoms with van der Waals surface area (Å²) in [7, 11) is 0. The third-order valence-electron chi connectivity index (χ3n) is 4.42. The summed E-state index contributed by atoms with van der Waals surface area (Å²) in [6.45, 7) is 3.90. The van der Waals surface area contributed by atoms with Crippen LogP contribution in [0.3, 0.4) is 0 Å². The number of aryl methyl sites for hydroxylation is 1. The topological polar surface area (TPSA) is 41.6 Å². The summed E-state index contributed by atoms with van der Waals surface area (Å²) in [5.41, 5.74) is 2.92. The lowest BCUT2D eigenvalue weighted by Crippen LogP contribution is -2.36. The van der Waals surface area contributed by atoms with E-state index in [1.54, 1.807) is 6.07 Å². The number of hydrogen-bond acceptors (Lipinski definition) is 3. The Morgan fingerprint density at radius 3 is 2.46 bits per heavy atom. The van der Waals surface area contributed by atoms with Crippen LogP contribution in [0.2, 0.25) is 10.0 Å². The Hall–Kier alpha value is -1.75. The van der Waals surface area contributed by atoms with Crippen molar-refractivity contribution in [3.05, 3.63) is 63.6 Å². The second-order valence-electron chi connectivity index (χ2n) is 6.25. The van der Waals surface area contributed by atoms with Gasteiger partial charge >= 0.3 is 0 Å². The molecule has 1 saturated heterocycles. The minimum Gasteiger partial charge on any atom is -0.378 e. The van der Waals surface area contributed by atoms with Crippen LogP contribution in [0, 0.1) is 0 Å². The standard InChI is InChI=1S/C20H22Cl2N2O2/c21-18-8-3-15(14-19(18)22)2-1-9-23-20(25)16-4-6-17(7-5-16)24-10-12-26-13-11-24/h3-8,14H,1-2,9-13H2,(H,23,25). The molecule has 1 N–H and O–H groups in total. The molecular weight excluding hydrogens is 371 g/mol. The van der Waals surface area contributed by atoms with Crippen molar-refractivity contribution in [2.24, 2.45) is 0 Å². The van der Waals surface area contributed by atoms with Crippen LogP contribution in [0.15, 0.2) is 42.5 Å². The van der Waals surface area contributed by atoms with E-state index in [0.717, 1.165) is 50.4 Å². The number of carbonyl (C=O) groups excluding carboxylic acids is 1. The van der Waals surface area contributed by atoms with E-state index in [1.165, 1.54) is 0 Å². The maximum absolute atomic E-state index is 12.3. The van der Waals surface area contributed by atoms with Gasteiger partial charge in [-0.05, 0) is 54.8 Å². The van der Waals surface area contributed by atoms with Crippen molar-refractivity contribution in [2.75, 3.05) is 37.7 Å². The smallest absolute Gasteiger partial charge is 0.251 e. The van der Waals surface area contributed by atoms with Gasteiger partial charge in [0.25, 0.3) is 5.91 Å². The van der Waals surface area contributed by atoms with Gasteiger partial charge in [-0.1, -0.05) is 29.3 Å². The second-order valence-corrected chi connectivity index (χ2v) is 7.07. The van der Waals surface area contributed by atoms with Gasteiger partial charge in [0, 0.05) is 30.9 Å². The highest BCUT2D eigenvalue weighted by molar-refractivity contribution is 6.42. The normalized spacial score (nSPS) is 14.3. The lowest BCUT2D eigenvalue weighted by molar-refractivity contribution is 0.0953. The number of hydrogen-bond donors (Lipinski definition) is 1. The maximum atomic E-state index is 12.3. The average molecular weight is 393 g/mol. The first-order chi connectivity index (χ1) is 12.6. The first kappa shape index (κ1) is 19.0. The maximum Gasteiger partial charge on any atom is 0.251 e. The van der Waals surface area contributed by atoms with E-state index < -0.39 is 0 Å². The Morgan fingerprint density at radius 1 is 1.04 bits per heavy atom. The summed E-state index contributed by atoms with van der Waals surface area (Å²) in [6, 6.07) is 13.4. The molecule has 0 spiro atoms. The number of rotatable bonds is 6. The van der Waals surface area contributed by atoms with Crippen molar-refractivity contribution in [3.63, 3.8) is 0 Å². The SMILES string of the molecule is O=C(NCCCc1ccc(Cl)c(Cl)c1)c1ccc(N2CCOCC2)cc1. The molecule has 4 nitrogen and oxygen atoms in total. The van der Waals surface area contributed by atoms with Gasteiger partial charge in [-0.3, -0.25) is 4.79 Å². The Bertz CT molecular complexity index is 744. The first-order valence-corrected chi connectivity index (χ1v) is 9.54. The fourth-order valence-electron chi connectivity index (χ4n) is 2.94. The third kappa shape index (κ3) is 5.13. The number of halogens is 2. The molecule has 0 atom stereocenters. The Morgan fingerprint density at radius 2 is 1.77 bits per heavy atom. The number of ether oxygens (including phenoxy) is 1. The number of nitrogens with one attached hydrogen (secondary N) is 1. The van der Waals surface area contributed by atoms with Gasteiger partial charge in [0.15, 0.2) is 0 Å². The molecule has 0 radical (unpaired) electrons. The van der Waals surface area contributed by atoms with E-state index in [4.69, 9.17) is 27.9 Å². The predicted octanol–water partition coefficient (Wildman–Crippen LogP) is 4.19. The number of anilines is 1. The molecule has 138 valence electrons. The summed E-state index contributed by atoms with van der Waals surface area (Å²) >= 11 is 11.9. The minimum absolute atomic E-state index is 0.0485.